The highest BCUT2D eigenvalue weighted by atomic mass is 31.2. The second-order valence-corrected chi connectivity index (χ2v) is 6.42. The van der Waals surface area contributed by atoms with Crippen molar-refractivity contribution >= 4 is 7.68 Å². The fourth-order valence-electron chi connectivity index (χ4n) is 1.74. The highest BCUT2D eigenvalue weighted by Crippen LogP contribution is 2.49. The van der Waals surface area contributed by atoms with Crippen molar-refractivity contribution in [3.63, 3.8) is 0 Å². The first-order valence-corrected chi connectivity index (χ1v) is 6.70. The molecule has 1 aliphatic rings. The van der Waals surface area contributed by atoms with E-state index in [1.54, 1.807) is 0 Å². The van der Waals surface area contributed by atoms with Gasteiger partial charge in [-0.15, -0.1) is 0 Å². The predicted molar refractivity (Wildman–Crippen MR) is 51.8 cm³/mol. The predicted octanol–water partition coefficient (Wildman–Crippen LogP) is 3.76. The first-order chi connectivity index (χ1) is 5.79. The van der Waals surface area contributed by atoms with E-state index in [4.69, 9.17) is 4.52 Å². The molecule has 1 atom stereocenters. The van der Waals surface area contributed by atoms with Gasteiger partial charge in [-0.25, -0.2) is 0 Å². The Kier molecular flexibility index (Phi) is 3.19. The van der Waals surface area contributed by atoms with Gasteiger partial charge in [0.25, 0.3) is 0 Å². The van der Waals surface area contributed by atoms with Crippen molar-refractivity contribution in [1.82, 2.24) is 0 Å². The molecule has 1 unspecified atom stereocenters. The van der Waals surface area contributed by atoms with Gasteiger partial charge in [0.2, 0.25) is 0 Å². The molecule has 4 heteroatoms. The van der Waals surface area contributed by atoms with Crippen LogP contribution in [-0.2, 0) is 9.09 Å². The van der Waals surface area contributed by atoms with Gasteiger partial charge in [0, 0.05) is 6.66 Å². The lowest BCUT2D eigenvalue weighted by molar-refractivity contribution is 0.0952. The Morgan fingerprint density at radius 1 is 1.38 bits per heavy atom. The number of hydrogen-bond acceptors (Lipinski definition) is 2. The van der Waals surface area contributed by atoms with E-state index in [0.717, 1.165) is 32.3 Å². The van der Waals surface area contributed by atoms with Crippen molar-refractivity contribution in [2.45, 2.75) is 45.6 Å². The smallest absolute Gasteiger partial charge is 0.302 e. The maximum atomic E-state index is 12.7. The molecule has 1 rings (SSSR count). The summed E-state index contributed by atoms with van der Waals surface area (Å²) in [7, 11) is -3.78. The van der Waals surface area contributed by atoms with Crippen LogP contribution in [0.2, 0.25) is 0 Å². The van der Waals surface area contributed by atoms with Crippen LogP contribution in [0.1, 0.15) is 39.5 Å². The normalized spacial score (nSPS) is 28.3. The molecule has 0 saturated heterocycles. The van der Waals surface area contributed by atoms with Gasteiger partial charge in [-0.1, -0.05) is 13.8 Å². The Balaban J connectivity index is 2.38. The summed E-state index contributed by atoms with van der Waals surface area (Å²) in [6.07, 6.45) is 3.58. The van der Waals surface area contributed by atoms with E-state index in [1.807, 2.05) is 0 Å². The van der Waals surface area contributed by atoms with Crippen LogP contribution in [0.3, 0.4) is 0 Å². The lowest BCUT2D eigenvalue weighted by atomic mass is 9.76. The molecule has 0 N–H and O–H groups in total. The minimum absolute atomic E-state index is 0.131. The summed E-state index contributed by atoms with van der Waals surface area (Å²) in [5.41, 5.74) is 0.341. The van der Waals surface area contributed by atoms with Crippen LogP contribution >= 0.6 is 7.68 Å². The van der Waals surface area contributed by atoms with Gasteiger partial charge in [-0.2, -0.15) is 4.20 Å². The average molecular weight is 208 g/mol. The summed E-state index contributed by atoms with van der Waals surface area (Å²) < 4.78 is 28.3. The van der Waals surface area contributed by atoms with Gasteiger partial charge in [0.1, 0.15) is 0 Å². The van der Waals surface area contributed by atoms with Gasteiger partial charge < -0.3 is 4.52 Å². The molecule has 78 valence electrons. The van der Waals surface area contributed by atoms with E-state index in [-0.39, 0.29) is 6.10 Å². The first kappa shape index (κ1) is 11.2. The zero-order valence-corrected chi connectivity index (χ0v) is 9.44. The summed E-state index contributed by atoms with van der Waals surface area (Å²) in [6.45, 7) is 5.43. The van der Waals surface area contributed by atoms with Crippen molar-refractivity contribution in [2.24, 2.45) is 5.41 Å². The van der Waals surface area contributed by atoms with Crippen molar-refractivity contribution in [3.8, 4) is 0 Å². The summed E-state index contributed by atoms with van der Waals surface area (Å²) in [5.74, 6) is 0. The standard InChI is InChI=1S/C9H18FO2P/c1-9(2)6-4-8(5-7-9)12-13(3,10)11/h8H,4-7H2,1-3H3. The molecule has 0 aromatic rings. The van der Waals surface area contributed by atoms with Crippen LogP contribution in [0, 0.1) is 5.41 Å². The van der Waals surface area contributed by atoms with E-state index in [2.05, 4.69) is 13.8 Å². The van der Waals surface area contributed by atoms with Gasteiger partial charge in [0.15, 0.2) is 0 Å². The first-order valence-electron chi connectivity index (χ1n) is 4.74. The molecule has 0 spiro atoms. The lowest BCUT2D eigenvalue weighted by Crippen LogP contribution is -2.25. The molecule has 13 heavy (non-hydrogen) atoms. The molecule has 0 radical (unpaired) electrons. The van der Waals surface area contributed by atoms with Crippen LogP contribution in [0.4, 0.5) is 4.20 Å². The fraction of sp³-hybridized carbons (Fsp3) is 1.00. The molecular formula is C9H18FO2P. The zero-order chi connectivity index (χ0) is 10.1. The minimum Gasteiger partial charge on any atom is -0.302 e. The van der Waals surface area contributed by atoms with Gasteiger partial charge in [-0.05, 0) is 31.1 Å². The number of halogens is 1. The molecule has 0 amide bonds. The second kappa shape index (κ2) is 3.70. The number of rotatable bonds is 2. The number of hydrogen-bond donors (Lipinski definition) is 0. The van der Waals surface area contributed by atoms with Crippen molar-refractivity contribution in [1.29, 1.82) is 0 Å². The Hall–Kier alpha value is 0.120. The van der Waals surface area contributed by atoms with Crippen LogP contribution in [0.15, 0.2) is 0 Å². The molecule has 2 nitrogen and oxygen atoms in total. The van der Waals surface area contributed by atoms with Gasteiger partial charge >= 0.3 is 7.68 Å². The molecule has 0 aliphatic heterocycles. The van der Waals surface area contributed by atoms with Gasteiger partial charge in [0.05, 0.1) is 6.10 Å². The van der Waals surface area contributed by atoms with Crippen LogP contribution in [-0.4, -0.2) is 12.8 Å². The summed E-state index contributed by atoms with van der Waals surface area (Å²) >= 11 is 0. The monoisotopic (exact) mass is 208 g/mol. The van der Waals surface area contributed by atoms with Gasteiger partial charge in [-0.3, -0.25) is 4.57 Å². The topological polar surface area (TPSA) is 26.3 Å². The molecular weight excluding hydrogens is 190 g/mol. The molecule has 1 saturated carbocycles. The van der Waals surface area contributed by atoms with E-state index >= 15 is 0 Å². The largest absolute Gasteiger partial charge is 0.364 e. The van der Waals surface area contributed by atoms with Crippen molar-refractivity contribution in [2.75, 3.05) is 6.66 Å². The molecule has 0 heterocycles. The average Bonchev–Trinajstić information content (AvgIpc) is 1.91. The SMILES string of the molecule is CC1(C)CCC(OP(C)(=O)F)CC1. The summed E-state index contributed by atoms with van der Waals surface area (Å²) in [6, 6.07) is 0. The zero-order valence-electron chi connectivity index (χ0n) is 8.55. The quantitative estimate of drug-likeness (QED) is 0.646. The Bertz CT molecular complexity index is 212. The summed E-state index contributed by atoms with van der Waals surface area (Å²) in [5, 5.41) is 0. The van der Waals surface area contributed by atoms with E-state index < -0.39 is 7.68 Å². The van der Waals surface area contributed by atoms with E-state index in [9.17, 15) is 8.76 Å². The lowest BCUT2D eigenvalue weighted by Gasteiger charge is -2.34. The highest BCUT2D eigenvalue weighted by Gasteiger charge is 2.30. The highest BCUT2D eigenvalue weighted by molar-refractivity contribution is 7.52. The maximum absolute atomic E-state index is 12.7. The second-order valence-electron chi connectivity index (χ2n) is 4.72. The molecule has 0 bridgehead atoms. The van der Waals surface area contributed by atoms with Crippen molar-refractivity contribution in [3.05, 3.63) is 0 Å². The summed E-state index contributed by atoms with van der Waals surface area (Å²) in [4.78, 5) is 0. The third-order valence-electron chi connectivity index (χ3n) is 2.62. The molecule has 1 aliphatic carbocycles. The molecule has 1 fully saturated rings. The molecule has 0 aromatic carbocycles. The van der Waals surface area contributed by atoms with Crippen LogP contribution in [0.5, 0.6) is 0 Å². The Morgan fingerprint density at radius 3 is 2.23 bits per heavy atom. The maximum Gasteiger partial charge on any atom is 0.364 e. The third kappa shape index (κ3) is 4.24. The van der Waals surface area contributed by atoms with Crippen LogP contribution < -0.4 is 0 Å². The molecule has 0 aromatic heterocycles. The third-order valence-corrected chi connectivity index (χ3v) is 3.30. The minimum atomic E-state index is -3.78. The van der Waals surface area contributed by atoms with E-state index in [1.165, 1.54) is 0 Å². The van der Waals surface area contributed by atoms with E-state index in [0.29, 0.717) is 5.41 Å². The Labute approximate surface area is 79.4 Å². The van der Waals surface area contributed by atoms with Crippen LogP contribution in [0.25, 0.3) is 0 Å². The fourth-order valence-corrected chi connectivity index (χ4v) is 2.49. The Morgan fingerprint density at radius 2 is 1.85 bits per heavy atom. The van der Waals surface area contributed by atoms with Crippen molar-refractivity contribution < 1.29 is 13.3 Å².